The highest BCUT2D eigenvalue weighted by Crippen LogP contribution is 2.35. The molecular formula is C28H30N2O4S. The highest BCUT2D eigenvalue weighted by atomic mass is 32.1. The van der Waals surface area contributed by atoms with E-state index < -0.39 is 0 Å². The molecule has 2 amide bonds. The third-order valence-electron chi connectivity index (χ3n) is 6.67. The summed E-state index contributed by atoms with van der Waals surface area (Å²) in [4.78, 5) is 31.8. The molecule has 5 rings (SSSR count). The Bertz CT molecular complexity index is 1170. The first-order valence-corrected chi connectivity index (χ1v) is 13.0. The lowest BCUT2D eigenvalue weighted by atomic mass is 10.0. The molecule has 6 nitrogen and oxygen atoms in total. The number of thiophene rings is 1. The van der Waals surface area contributed by atoms with E-state index in [2.05, 4.69) is 11.4 Å². The molecule has 2 aliphatic rings. The summed E-state index contributed by atoms with van der Waals surface area (Å²) in [5.74, 6) is 1.81. The number of fused-ring (bicyclic) bond motifs is 1. The van der Waals surface area contributed by atoms with Gasteiger partial charge in [0.05, 0.1) is 13.2 Å². The van der Waals surface area contributed by atoms with E-state index in [4.69, 9.17) is 9.47 Å². The molecule has 0 N–H and O–H groups in total. The minimum atomic E-state index is -0.196. The van der Waals surface area contributed by atoms with Crippen LogP contribution >= 0.6 is 11.3 Å². The average Bonchev–Trinajstić information content (AvgIpc) is 3.59. The lowest BCUT2D eigenvalue weighted by molar-refractivity contribution is -0.135. The van der Waals surface area contributed by atoms with Crippen molar-refractivity contribution in [1.82, 2.24) is 9.80 Å². The van der Waals surface area contributed by atoms with Gasteiger partial charge in [-0.2, -0.15) is 0 Å². The zero-order valence-corrected chi connectivity index (χ0v) is 20.7. The Balaban J connectivity index is 1.33. The number of nitrogens with zero attached hydrogens (tertiary/aromatic N) is 2. The second-order valence-corrected chi connectivity index (χ2v) is 10.1. The minimum absolute atomic E-state index is 0.0361. The van der Waals surface area contributed by atoms with Gasteiger partial charge >= 0.3 is 0 Å². The van der Waals surface area contributed by atoms with Crippen LogP contribution in [0.4, 0.5) is 0 Å². The van der Waals surface area contributed by atoms with Crippen molar-refractivity contribution >= 4 is 23.2 Å². The third-order valence-corrected chi connectivity index (χ3v) is 7.67. The van der Waals surface area contributed by atoms with Gasteiger partial charge in [0, 0.05) is 29.6 Å². The van der Waals surface area contributed by atoms with Crippen molar-refractivity contribution in [2.75, 3.05) is 33.4 Å². The van der Waals surface area contributed by atoms with Gasteiger partial charge in [0.1, 0.15) is 24.7 Å². The lowest BCUT2D eigenvalue weighted by Gasteiger charge is -2.37. The zero-order chi connectivity index (χ0) is 24.2. The summed E-state index contributed by atoms with van der Waals surface area (Å²) in [5.41, 5.74) is 1.76. The lowest BCUT2D eigenvalue weighted by Crippen LogP contribution is -2.48. The monoisotopic (exact) mass is 490 g/mol. The van der Waals surface area contributed by atoms with Crippen LogP contribution in [0.5, 0.6) is 11.5 Å². The molecule has 0 bridgehead atoms. The Morgan fingerprint density at radius 2 is 1.86 bits per heavy atom. The molecule has 1 aliphatic heterocycles. The molecule has 1 fully saturated rings. The molecule has 182 valence electrons. The summed E-state index contributed by atoms with van der Waals surface area (Å²) in [6.45, 7) is 1.68. The van der Waals surface area contributed by atoms with Gasteiger partial charge in [-0.3, -0.25) is 9.59 Å². The van der Waals surface area contributed by atoms with Crippen LogP contribution in [0, 0.1) is 5.92 Å². The molecule has 1 aromatic heterocycles. The first kappa shape index (κ1) is 23.4. The number of hydrogen-bond acceptors (Lipinski definition) is 5. The van der Waals surface area contributed by atoms with E-state index in [1.165, 1.54) is 4.88 Å². The van der Waals surface area contributed by atoms with Crippen LogP contribution in [0.15, 0.2) is 66.0 Å². The van der Waals surface area contributed by atoms with Crippen molar-refractivity contribution < 1.29 is 19.1 Å². The molecule has 3 aromatic rings. The van der Waals surface area contributed by atoms with Crippen LogP contribution in [-0.2, 0) is 11.2 Å². The number of carbonyl (C=O) groups is 2. The second kappa shape index (κ2) is 10.5. The summed E-state index contributed by atoms with van der Waals surface area (Å²) in [6, 6.07) is 18.6. The third kappa shape index (κ3) is 5.51. The van der Waals surface area contributed by atoms with E-state index in [0.717, 1.165) is 30.6 Å². The van der Waals surface area contributed by atoms with Crippen LogP contribution < -0.4 is 9.47 Å². The van der Waals surface area contributed by atoms with Crippen molar-refractivity contribution in [3.8, 4) is 11.5 Å². The number of hydrogen-bond donors (Lipinski definition) is 0. The maximum absolute atomic E-state index is 13.7. The molecule has 7 heteroatoms. The van der Waals surface area contributed by atoms with E-state index in [0.29, 0.717) is 36.9 Å². The van der Waals surface area contributed by atoms with Crippen molar-refractivity contribution in [1.29, 1.82) is 0 Å². The molecule has 35 heavy (non-hydrogen) atoms. The molecule has 2 heterocycles. The largest absolute Gasteiger partial charge is 0.497 e. The van der Waals surface area contributed by atoms with Crippen LogP contribution in [0.2, 0.25) is 0 Å². The van der Waals surface area contributed by atoms with Gasteiger partial charge < -0.3 is 19.3 Å². The van der Waals surface area contributed by atoms with Gasteiger partial charge in [-0.1, -0.05) is 24.3 Å². The summed E-state index contributed by atoms with van der Waals surface area (Å²) in [6.07, 6.45) is 3.06. The van der Waals surface area contributed by atoms with Crippen LogP contribution in [-0.4, -0.2) is 55.0 Å². The van der Waals surface area contributed by atoms with E-state index in [-0.39, 0.29) is 24.4 Å². The summed E-state index contributed by atoms with van der Waals surface area (Å²) in [5, 5.41) is 2.08. The maximum Gasteiger partial charge on any atom is 0.254 e. The molecule has 0 unspecified atom stereocenters. The molecule has 0 radical (unpaired) electrons. The Kier molecular flexibility index (Phi) is 7.04. The SMILES string of the molecule is COc1cccc(OC[C@@H]2c3ccsc3CCN2C(=O)CN(CC2CC2)C(=O)c2ccccc2)c1. The molecule has 1 aliphatic carbocycles. The van der Waals surface area contributed by atoms with Crippen LogP contribution in [0.3, 0.4) is 0 Å². The highest BCUT2D eigenvalue weighted by Gasteiger charge is 2.35. The number of amides is 2. The van der Waals surface area contributed by atoms with Crippen LogP contribution in [0.1, 0.15) is 39.7 Å². The molecule has 1 saturated carbocycles. The summed E-state index contributed by atoms with van der Waals surface area (Å²) >= 11 is 1.73. The Morgan fingerprint density at radius 3 is 2.63 bits per heavy atom. The topological polar surface area (TPSA) is 59.1 Å². The maximum atomic E-state index is 13.7. The van der Waals surface area contributed by atoms with Gasteiger partial charge in [-0.05, 0) is 66.5 Å². The molecule has 1 atom stereocenters. The number of ether oxygens (including phenoxy) is 2. The Labute approximate surface area is 210 Å². The standard InChI is InChI=1S/C28H30N2O4S/c1-33-22-8-5-9-23(16-22)34-19-25-24-13-15-35-26(24)12-14-30(25)27(31)18-29(17-20-10-11-20)28(32)21-6-3-2-4-7-21/h2-9,13,15-16,20,25H,10-12,14,17-19H2,1H3/t25-/m1/s1. The Hall–Kier alpha value is -3.32. The van der Waals surface area contributed by atoms with E-state index in [1.807, 2.05) is 59.5 Å². The van der Waals surface area contributed by atoms with Gasteiger partial charge in [0.2, 0.25) is 5.91 Å². The normalized spacial score (nSPS) is 16.9. The number of carbonyl (C=O) groups excluding carboxylic acids is 2. The number of benzene rings is 2. The van der Waals surface area contributed by atoms with E-state index in [9.17, 15) is 9.59 Å². The fourth-order valence-corrected chi connectivity index (χ4v) is 5.52. The second-order valence-electron chi connectivity index (χ2n) is 9.14. The summed E-state index contributed by atoms with van der Waals surface area (Å²) in [7, 11) is 1.63. The van der Waals surface area contributed by atoms with Crippen molar-refractivity contribution in [2.45, 2.75) is 25.3 Å². The number of methoxy groups -OCH3 is 1. The zero-order valence-electron chi connectivity index (χ0n) is 19.9. The summed E-state index contributed by atoms with van der Waals surface area (Å²) < 4.78 is 11.5. The van der Waals surface area contributed by atoms with Gasteiger partial charge in [-0.15, -0.1) is 11.3 Å². The highest BCUT2D eigenvalue weighted by molar-refractivity contribution is 7.10. The fraction of sp³-hybridized carbons (Fsp3) is 0.357. The first-order valence-electron chi connectivity index (χ1n) is 12.1. The van der Waals surface area contributed by atoms with Gasteiger partial charge in [0.15, 0.2) is 0 Å². The first-order chi connectivity index (χ1) is 17.1. The predicted octanol–water partition coefficient (Wildman–Crippen LogP) is 4.81. The fourth-order valence-electron chi connectivity index (χ4n) is 4.59. The molecule has 0 spiro atoms. The van der Waals surface area contributed by atoms with E-state index >= 15 is 0 Å². The van der Waals surface area contributed by atoms with Crippen molar-refractivity contribution in [2.24, 2.45) is 5.92 Å². The van der Waals surface area contributed by atoms with E-state index in [1.54, 1.807) is 23.3 Å². The van der Waals surface area contributed by atoms with Gasteiger partial charge in [0.25, 0.3) is 5.91 Å². The molecule has 2 aromatic carbocycles. The number of rotatable bonds is 9. The minimum Gasteiger partial charge on any atom is -0.497 e. The quantitative estimate of drug-likeness (QED) is 0.432. The molecule has 0 saturated heterocycles. The smallest absolute Gasteiger partial charge is 0.254 e. The average molecular weight is 491 g/mol. The van der Waals surface area contributed by atoms with Crippen molar-refractivity contribution in [3.63, 3.8) is 0 Å². The van der Waals surface area contributed by atoms with Crippen LogP contribution in [0.25, 0.3) is 0 Å². The molecular weight excluding hydrogens is 460 g/mol. The predicted molar refractivity (Wildman–Crippen MR) is 136 cm³/mol. The van der Waals surface area contributed by atoms with Gasteiger partial charge in [-0.25, -0.2) is 0 Å². The van der Waals surface area contributed by atoms with Crippen molar-refractivity contribution in [3.05, 3.63) is 82.0 Å². The Morgan fingerprint density at radius 1 is 1.06 bits per heavy atom.